The van der Waals surface area contributed by atoms with Gasteiger partial charge >= 0.3 is 11.4 Å². The number of ketones is 4. The maximum absolute atomic E-state index is 13.3. The highest BCUT2D eigenvalue weighted by Crippen LogP contribution is 2.33. The van der Waals surface area contributed by atoms with E-state index >= 15 is 0 Å². The number of Topliss-reactive ketones (excluding diaryl/α,β-unsaturated/α-hetero) is 1. The van der Waals surface area contributed by atoms with Gasteiger partial charge in [-0.3, -0.25) is 47.0 Å². The molecule has 8 rings (SSSR count). The summed E-state index contributed by atoms with van der Waals surface area (Å²) < 4.78 is 4.29. The van der Waals surface area contributed by atoms with Crippen LogP contribution in [0.15, 0.2) is 103 Å². The molecule has 2 aliphatic carbocycles. The van der Waals surface area contributed by atoms with Crippen molar-refractivity contribution in [3.8, 4) is 0 Å². The molecule has 0 bridgehead atoms. The summed E-state index contributed by atoms with van der Waals surface area (Å²) in [5.74, 6) is 0.0983. The smallest absolute Gasteiger partial charge is 0.289 e. The lowest BCUT2D eigenvalue weighted by molar-refractivity contribution is 0.0991. The molecule has 4 heterocycles. The molecule has 2 aromatic carbocycles. The van der Waals surface area contributed by atoms with Crippen molar-refractivity contribution < 1.29 is 19.2 Å². The largest absolute Gasteiger partial charge is 0.332 e. The Morgan fingerprint density at radius 1 is 0.548 bits per heavy atom. The van der Waals surface area contributed by atoms with Crippen molar-refractivity contribution in [2.75, 3.05) is 11.5 Å². The summed E-state index contributed by atoms with van der Waals surface area (Å²) in [5.41, 5.74) is 1.72. The highest BCUT2D eigenvalue weighted by molar-refractivity contribution is 8.04. The average Bonchev–Trinajstić information content (AvgIpc) is 3.28. The molecule has 0 aliphatic heterocycles. The molecule has 4 aromatic heterocycles. The fourth-order valence-corrected chi connectivity index (χ4v) is 8.53. The quantitative estimate of drug-likeness (QED) is 0.209. The third-order valence-electron chi connectivity index (χ3n) is 10.6. The number of thiol groups is 1. The summed E-state index contributed by atoms with van der Waals surface area (Å²) in [6, 6.07) is 20.3. The number of carbonyl (C=O) groups is 4. The number of pyridine rings is 2. The molecule has 318 valence electrons. The molecule has 0 radical (unpaired) electrons. The fourth-order valence-electron chi connectivity index (χ4n) is 7.29. The second-order valence-corrected chi connectivity index (χ2v) is 16.0. The minimum atomic E-state index is -0.626. The number of aromatic nitrogens is 6. The van der Waals surface area contributed by atoms with Crippen molar-refractivity contribution >= 4 is 69.6 Å². The summed E-state index contributed by atoms with van der Waals surface area (Å²) in [5, 5.41) is 0.0271. The van der Waals surface area contributed by atoms with E-state index in [1.807, 2.05) is 43.3 Å². The van der Waals surface area contributed by atoms with E-state index in [0.29, 0.717) is 34.9 Å². The topological polar surface area (TPSA) is 182 Å². The molecule has 0 saturated heterocycles. The summed E-state index contributed by atoms with van der Waals surface area (Å²) in [7, 11) is 5.65. The summed E-state index contributed by atoms with van der Waals surface area (Å²) in [4.78, 5) is 110. The second-order valence-electron chi connectivity index (χ2n) is 14.4. The number of hydrogen-bond acceptors (Lipinski definition) is 12. The number of allylic oxidation sites excluding steroid dienone is 4. The van der Waals surface area contributed by atoms with E-state index in [4.69, 9.17) is 0 Å². The molecule has 0 N–H and O–H groups in total. The molecule has 0 atom stereocenters. The third-order valence-corrected chi connectivity index (χ3v) is 11.8. The molecule has 6 aromatic rings. The predicted octanol–water partition coefficient (Wildman–Crippen LogP) is 4.72. The molecular weight excluding hydrogens is 829 g/mol. The molecule has 0 amide bonds. The number of carbonyl (C=O) groups excluding carboxylic acids is 4. The van der Waals surface area contributed by atoms with Crippen LogP contribution in [0.25, 0.3) is 22.1 Å². The number of aryl methyl sites for hydroxylation is 6. The normalized spacial score (nSPS) is 13.0. The van der Waals surface area contributed by atoms with Crippen LogP contribution >= 0.6 is 24.4 Å². The molecule has 0 unspecified atom stereocenters. The molecule has 0 saturated carbocycles. The molecule has 16 heteroatoms. The standard InChI is InChI=1S/C23H21N3O4S.C15H13N3O4.C8H10S/c1-4-14-17-18(19-21(24-14)25(2)23(30)26(3)22(19)29)15(27)12-16(20(17)28)31-11-10-13-8-6-5-7-9-13;1-4-7-10-8(19)5-6-9(20)11(10)12-13(16-7)17(2)15(22)18(3)14(12)21;9-7-6-8-4-2-1-3-5-8/h5-9,12H,4,10-11H2,1-3H3;5-6H,4H2,1-3H3;1-5,9H,6-7H2. The molecule has 0 spiro atoms. The van der Waals surface area contributed by atoms with Crippen LogP contribution in [0.2, 0.25) is 0 Å². The lowest BCUT2D eigenvalue weighted by atomic mass is 9.90. The Hall–Kier alpha value is -6.52. The Balaban J connectivity index is 0.000000179. The van der Waals surface area contributed by atoms with Gasteiger partial charge in [0, 0.05) is 40.0 Å². The van der Waals surface area contributed by atoms with Crippen LogP contribution in [-0.4, -0.2) is 62.9 Å². The van der Waals surface area contributed by atoms with Crippen LogP contribution in [0.1, 0.15) is 77.8 Å². The van der Waals surface area contributed by atoms with Crippen LogP contribution in [0.4, 0.5) is 0 Å². The van der Waals surface area contributed by atoms with Crippen molar-refractivity contribution in [3.63, 3.8) is 0 Å². The maximum Gasteiger partial charge on any atom is 0.332 e. The van der Waals surface area contributed by atoms with E-state index in [2.05, 4.69) is 46.9 Å². The lowest BCUT2D eigenvalue weighted by Crippen LogP contribution is -2.39. The monoisotopic (exact) mass is 872 g/mol. The Morgan fingerprint density at radius 2 is 0.984 bits per heavy atom. The van der Waals surface area contributed by atoms with Crippen molar-refractivity contribution in [2.45, 2.75) is 39.5 Å². The van der Waals surface area contributed by atoms with Gasteiger partial charge in [-0.25, -0.2) is 19.6 Å². The fraction of sp³-hybridized carbons (Fsp3) is 0.261. The molecule has 62 heavy (non-hydrogen) atoms. The minimum Gasteiger partial charge on any atom is -0.289 e. The number of fused-ring (bicyclic) bond motifs is 6. The van der Waals surface area contributed by atoms with Crippen LogP contribution < -0.4 is 22.5 Å². The van der Waals surface area contributed by atoms with E-state index in [-0.39, 0.29) is 55.9 Å². The van der Waals surface area contributed by atoms with Crippen LogP contribution in [0.5, 0.6) is 0 Å². The Morgan fingerprint density at radius 3 is 1.45 bits per heavy atom. The zero-order valence-corrected chi connectivity index (χ0v) is 36.8. The third kappa shape index (κ3) is 8.52. The SMILES string of the molecule is CCc1nc2c(c3c1C(=O)C(SCCc1ccccc1)=CC3=O)c(=O)n(C)c(=O)n2C.CCc1nc2c(c3c1C(=O)C=CC3=O)c(=O)n(C)c(=O)n2C.SCCc1ccccc1. The van der Waals surface area contributed by atoms with Gasteiger partial charge in [0.05, 0.1) is 49.3 Å². The van der Waals surface area contributed by atoms with E-state index in [0.717, 1.165) is 39.4 Å². The van der Waals surface area contributed by atoms with Crippen LogP contribution in [0, 0.1) is 0 Å². The first kappa shape index (κ1) is 45.0. The second kappa shape index (κ2) is 19.0. The Bertz CT molecular complexity index is 3130. The van der Waals surface area contributed by atoms with Gasteiger partial charge in [0.25, 0.3) is 11.1 Å². The minimum absolute atomic E-state index is 0.0134. The highest BCUT2D eigenvalue weighted by atomic mass is 32.2. The van der Waals surface area contributed by atoms with Gasteiger partial charge in [0.2, 0.25) is 5.78 Å². The first-order valence-corrected chi connectivity index (χ1v) is 21.4. The van der Waals surface area contributed by atoms with Crippen molar-refractivity contribution in [1.82, 2.24) is 28.2 Å². The summed E-state index contributed by atoms with van der Waals surface area (Å²) in [6.45, 7) is 3.62. The van der Waals surface area contributed by atoms with Gasteiger partial charge in [-0.05, 0) is 54.7 Å². The Kier molecular flexibility index (Phi) is 13.8. The summed E-state index contributed by atoms with van der Waals surface area (Å²) >= 11 is 5.46. The van der Waals surface area contributed by atoms with Gasteiger partial charge in [0.15, 0.2) is 17.3 Å². The predicted molar refractivity (Wildman–Crippen MR) is 244 cm³/mol. The van der Waals surface area contributed by atoms with Gasteiger partial charge < -0.3 is 0 Å². The lowest BCUT2D eigenvalue weighted by Gasteiger charge is -2.20. The molecule has 2 aliphatic rings. The zero-order valence-electron chi connectivity index (χ0n) is 35.1. The average molecular weight is 873 g/mol. The number of hydrogen-bond donors (Lipinski definition) is 1. The van der Waals surface area contributed by atoms with E-state index in [1.165, 1.54) is 66.8 Å². The van der Waals surface area contributed by atoms with E-state index in [1.54, 1.807) is 6.92 Å². The van der Waals surface area contributed by atoms with Crippen LogP contribution in [0.3, 0.4) is 0 Å². The van der Waals surface area contributed by atoms with Crippen LogP contribution in [-0.2, 0) is 53.9 Å². The summed E-state index contributed by atoms with van der Waals surface area (Å²) in [6.07, 6.45) is 6.28. The van der Waals surface area contributed by atoms with Gasteiger partial charge in [-0.2, -0.15) is 12.6 Å². The van der Waals surface area contributed by atoms with Gasteiger partial charge in [-0.1, -0.05) is 74.5 Å². The molecule has 14 nitrogen and oxygen atoms in total. The first-order valence-electron chi connectivity index (χ1n) is 19.8. The molecular formula is C46H44N6O8S2. The number of thioether (sulfide) groups is 1. The van der Waals surface area contributed by atoms with Crippen molar-refractivity contribution in [3.05, 3.63) is 170 Å². The first-order chi connectivity index (χ1) is 29.7. The number of rotatable bonds is 8. The highest BCUT2D eigenvalue weighted by Gasteiger charge is 2.33. The van der Waals surface area contributed by atoms with Gasteiger partial charge in [0.1, 0.15) is 11.3 Å². The van der Waals surface area contributed by atoms with E-state index in [9.17, 15) is 38.4 Å². The number of benzene rings is 2. The number of nitrogens with zero attached hydrogens (tertiary/aromatic N) is 6. The Labute approximate surface area is 365 Å². The van der Waals surface area contributed by atoms with Crippen molar-refractivity contribution in [1.29, 1.82) is 0 Å². The van der Waals surface area contributed by atoms with E-state index < -0.39 is 34.1 Å². The van der Waals surface area contributed by atoms with Crippen molar-refractivity contribution in [2.24, 2.45) is 28.2 Å². The maximum atomic E-state index is 13.3. The zero-order chi connectivity index (χ0) is 45.0. The van der Waals surface area contributed by atoms with Gasteiger partial charge in [-0.15, -0.1) is 11.8 Å². The molecule has 0 fully saturated rings.